The second-order valence-corrected chi connectivity index (χ2v) is 5.89. The lowest BCUT2D eigenvalue weighted by atomic mass is 10.3. The maximum atomic E-state index is 12.4. The molecule has 10 nitrogen and oxygen atoms in total. The molecule has 0 saturated heterocycles. The van der Waals surface area contributed by atoms with E-state index < -0.39 is 37.2 Å². The average molecular weight is 326 g/mol. The van der Waals surface area contributed by atoms with Crippen molar-refractivity contribution in [3.8, 4) is 0 Å². The number of aromatic carboxylic acids is 1. The molecule has 1 aromatic heterocycles. The van der Waals surface area contributed by atoms with Gasteiger partial charge in [-0.15, -0.1) is 0 Å². The number of nitrogens with one attached hydrogen (secondary N) is 1. The Hall–Kier alpha value is -2.92. The van der Waals surface area contributed by atoms with Crippen LogP contribution < -0.4 is 11.3 Å². The van der Waals surface area contributed by atoms with E-state index >= 15 is 0 Å². The van der Waals surface area contributed by atoms with E-state index in [2.05, 4.69) is 5.43 Å². The lowest BCUT2D eigenvalue weighted by molar-refractivity contribution is -0.384. The minimum atomic E-state index is -4.29. The number of hydrogen-bond donors (Lipinski definition) is 3. The van der Waals surface area contributed by atoms with E-state index in [1.807, 2.05) is 0 Å². The number of aromatic nitrogens is 1. The number of nitrogen functional groups attached to an aromatic ring is 1. The van der Waals surface area contributed by atoms with Crippen LogP contribution >= 0.6 is 0 Å². The van der Waals surface area contributed by atoms with Crippen LogP contribution in [0.3, 0.4) is 0 Å². The molecule has 0 radical (unpaired) electrons. The number of hydrogen-bond acceptors (Lipinski definition) is 7. The quantitative estimate of drug-likeness (QED) is 0.409. The van der Waals surface area contributed by atoms with Crippen molar-refractivity contribution in [3.05, 3.63) is 52.3 Å². The highest BCUT2D eigenvalue weighted by Crippen LogP contribution is 2.28. The molecule has 1 heterocycles. The first-order chi connectivity index (χ1) is 10.3. The molecule has 4 N–H and O–H groups in total. The number of carbonyl (C=O) groups is 1. The minimum Gasteiger partial charge on any atom is -0.477 e. The van der Waals surface area contributed by atoms with Crippen molar-refractivity contribution in [3.63, 3.8) is 0 Å². The van der Waals surface area contributed by atoms with Crippen molar-refractivity contribution in [1.82, 2.24) is 3.97 Å². The first kappa shape index (κ1) is 15.5. The fraction of sp³-hybridized carbons (Fsp3) is 0. The summed E-state index contributed by atoms with van der Waals surface area (Å²) >= 11 is 0. The van der Waals surface area contributed by atoms with Gasteiger partial charge in [0, 0.05) is 12.3 Å². The summed E-state index contributed by atoms with van der Waals surface area (Å²) in [5, 5.41) is 19.9. The molecule has 2 aromatic rings. The van der Waals surface area contributed by atoms with Crippen molar-refractivity contribution in [1.29, 1.82) is 0 Å². The third-order valence-corrected chi connectivity index (χ3v) is 4.50. The van der Waals surface area contributed by atoms with Gasteiger partial charge in [0.15, 0.2) is 0 Å². The molecular formula is C11H10N4O6S. The second-order valence-electron chi connectivity index (χ2n) is 4.08. The predicted octanol–water partition coefficient (Wildman–Crippen LogP) is 0.617. The zero-order valence-corrected chi connectivity index (χ0v) is 11.6. The average Bonchev–Trinajstić information content (AvgIpc) is 2.96. The van der Waals surface area contributed by atoms with Crippen molar-refractivity contribution >= 4 is 27.4 Å². The largest absolute Gasteiger partial charge is 0.477 e. The fourth-order valence-corrected chi connectivity index (χ4v) is 3.16. The van der Waals surface area contributed by atoms with Gasteiger partial charge < -0.3 is 10.5 Å². The van der Waals surface area contributed by atoms with Gasteiger partial charge in [0.25, 0.3) is 15.7 Å². The van der Waals surface area contributed by atoms with Crippen LogP contribution in [0, 0.1) is 10.1 Å². The molecule has 1 aromatic carbocycles. The van der Waals surface area contributed by atoms with Crippen molar-refractivity contribution < 1.29 is 23.2 Å². The maximum Gasteiger partial charge on any atom is 0.353 e. The summed E-state index contributed by atoms with van der Waals surface area (Å²) < 4.78 is 25.4. The molecular weight excluding hydrogens is 316 g/mol. The number of nitro groups is 1. The highest BCUT2D eigenvalue weighted by molar-refractivity contribution is 7.90. The van der Waals surface area contributed by atoms with Gasteiger partial charge in [0.05, 0.1) is 9.82 Å². The molecule has 0 aliphatic rings. The molecule has 0 atom stereocenters. The van der Waals surface area contributed by atoms with Crippen LogP contribution in [-0.2, 0) is 10.0 Å². The SMILES string of the molecule is NNc1ccc(S(=O)(=O)n2cccc2C(=O)O)cc1[N+](=O)[O-]. The number of nitrogens with two attached hydrogens (primary N) is 1. The monoisotopic (exact) mass is 326 g/mol. The highest BCUT2D eigenvalue weighted by atomic mass is 32.2. The number of nitrogens with zero attached hydrogens (tertiary/aromatic N) is 2. The standard InChI is InChI=1S/C11H10N4O6S/c12-13-8-4-3-7(6-10(8)15(18)19)22(20,21)14-5-1-2-9(14)11(16)17/h1-6,13H,12H2,(H,16,17). The van der Waals surface area contributed by atoms with E-state index in [0.717, 1.165) is 30.5 Å². The highest BCUT2D eigenvalue weighted by Gasteiger charge is 2.25. The summed E-state index contributed by atoms with van der Waals surface area (Å²) in [4.78, 5) is 20.7. The van der Waals surface area contributed by atoms with E-state index in [0.29, 0.717) is 3.97 Å². The zero-order valence-electron chi connectivity index (χ0n) is 10.8. The van der Waals surface area contributed by atoms with Gasteiger partial charge in [-0.05, 0) is 24.3 Å². The fourth-order valence-electron chi connectivity index (χ4n) is 1.80. The lowest BCUT2D eigenvalue weighted by Gasteiger charge is -2.09. The van der Waals surface area contributed by atoms with Crippen LogP contribution in [0.15, 0.2) is 41.4 Å². The Balaban J connectivity index is 2.64. The van der Waals surface area contributed by atoms with Gasteiger partial charge in [0.2, 0.25) is 0 Å². The molecule has 0 aliphatic carbocycles. The maximum absolute atomic E-state index is 12.4. The third kappa shape index (κ3) is 2.49. The van der Waals surface area contributed by atoms with Crippen LogP contribution in [0.5, 0.6) is 0 Å². The number of carboxylic acid groups (broad SMARTS) is 1. The molecule has 0 unspecified atom stereocenters. The molecule has 0 amide bonds. The molecule has 0 spiro atoms. The van der Waals surface area contributed by atoms with Gasteiger partial charge in [-0.1, -0.05) is 0 Å². The number of rotatable bonds is 5. The van der Waals surface area contributed by atoms with Crippen LogP contribution in [0.1, 0.15) is 10.5 Å². The van der Waals surface area contributed by atoms with E-state index in [1.54, 1.807) is 0 Å². The normalized spacial score (nSPS) is 11.1. The number of hydrazine groups is 1. The smallest absolute Gasteiger partial charge is 0.353 e. The Morgan fingerprint density at radius 1 is 1.36 bits per heavy atom. The second kappa shape index (κ2) is 5.46. The van der Waals surface area contributed by atoms with E-state index in [1.165, 1.54) is 6.07 Å². The molecule has 2 rings (SSSR count). The molecule has 22 heavy (non-hydrogen) atoms. The van der Waals surface area contributed by atoms with Gasteiger partial charge in [0.1, 0.15) is 11.4 Å². The summed E-state index contributed by atoms with van der Waals surface area (Å²) in [6, 6.07) is 5.35. The summed E-state index contributed by atoms with van der Waals surface area (Å²) in [5.41, 5.74) is 0.977. The van der Waals surface area contributed by atoms with Crippen molar-refractivity contribution in [2.75, 3.05) is 5.43 Å². The number of nitro benzene ring substituents is 1. The molecule has 116 valence electrons. The topological polar surface area (TPSA) is 158 Å². The summed E-state index contributed by atoms with van der Waals surface area (Å²) in [6.07, 6.45) is 1.04. The molecule has 0 fully saturated rings. The summed E-state index contributed by atoms with van der Waals surface area (Å²) in [5.74, 6) is 3.68. The summed E-state index contributed by atoms with van der Waals surface area (Å²) in [6.45, 7) is 0. The zero-order chi connectivity index (χ0) is 16.5. The Morgan fingerprint density at radius 3 is 2.59 bits per heavy atom. The molecule has 0 saturated carbocycles. The van der Waals surface area contributed by atoms with Crippen LogP contribution in [0.25, 0.3) is 0 Å². The molecule has 0 bridgehead atoms. The lowest BCUT2D eigenvalue weighted by Crippen LogP contribution is -2.18. The Labute approximate surface area is 124 Å². The number of anilines is 1. The predicted molar refractivity (Wildman–Crippen MR) is 74.9 cm³/mol. The van der Waals surface area contributed by atoms with Gasteiger partial charge in [-0.3, -0.25) is 16.0 Å². The Morgan fingerprint density at radius 2 is 2.05 bits per heavy atom. The van der Waals surface area contributed by atoms with E-state index in [9.17, 15) is 23.3 Å². The van der Waals surface area contributed by atoms with Gasteiger partial charge >= 0.3 is 5.97 Å². The van der Waals surface area contributed by atoms with Crippen LogP contribution in [0.2, 0.25) is 0 Å². The van der Waals surface area contributed by atoms with Crippen LogP contribution in [-0.4, -0.2) is 28.4 Å². The number of benzene rings is 1. The molecule has 0 aliphatic heterocycles. The van der Waals surface area contributed by atoms with E-state index in [-0.39, 0.29) is 5.69 Å². The number of carboxylic acids is 1. The molecule has 11 heteroatoms. The minimum absolute atomic E-state index is 0.0742. The first-order valence-electron chi connectivity index (χ1n) is 5.70. The van der Waals surface area contributed by atoms with Gasteiger partial charge in [-0.2, -0.15) is 0 Å². The van der Waals surface area contributed by atoms with Gasteiger partial charge in [-0.25, -0.2) is 17.2 Å². The van der Waals surface area contributed by atoms with E-state index in [4.69, 9.17) is 10.9 Å². The Kier molecular flexibility index (Phi) is 3.84. The first-order valence-corrected chi connectivity index (χ1v) is 7.14. The third-order valence-electron chi connectivity index (χ3n) is 2.81. The van der Waals surface area contributed by atoms with Crippen LogP contribution in [0.4, 0.5) is 11.4 Å². The Bertz CT molecular complexity index is 857. The van der Waals surface area contributed by atoms with Crippen molar-refractivity contribution in [2.24, 2.45) is 5.84 Å². The summed E-state index contributed by atoms with van der Waals surface area (Å²) in [7, 11) is -4.29. The van der Waals surface area contributed by atoms with Crippen molar-refractivity contribution in [2.45, 2.75) is 4.90 Å².